The van der Waals surface area contributed by atoms with Crippen LogP contribution in [0.15, 0.2) is 5.16 Å². The van der Waals surface area contributed by atoms with E-state index in [0.29, 0.717) is 18.5 Å². The van der Waals surface area contributed by atoms with Crippen molar-refractivity contribution in [3.8, 4) is 0 Å². The van der Waals surface area contributed by atoms with Crippen molar-refractivity contribution in [3.05, 3.63) is 5.82 Å². The molecule has 0 radical (unpaired) electrons. The molecule has 1 aliphatic carbocycles. The molecule has 0 aromatic carbocycles. The molecule has 1 fully saturated rings. The number of nitrogens with zero attached hydrogens (tertiary/aromatic N) is 3. The summed E-state index contributed by atoms with van der Waals surface area (Å²) >= 11 is 1.63. The summed E-state index contributed by atoms with van der Waals surface area (Å²) in [6, 6.07) is 0.326. The Balaban J connectivity index is 1.71. The number of nitrogens with one attached hydrogen (secondary N) is 2. The highest BCUT2D eigenvalue weighted by Crippen LogP contribution is 2.17. The SMILES string of the molecule is CSc1nnc(CCCNC(=O)NC2CCCCC2)n1CC(C)C. The van der Waals surface area contributed by atoms with Gasteiger partial charge in [-0.1, -0.05) is 44.9 Å². The summed E-state index contributed by atoms with van der Waals surface area (Å²) < 4.78 is 2.21. The Morgan fingerprint density at radius 1 is 1.29 bits per heavy atom. The lowest BCUT2D eigenvalue weighted by atomic mass is 9.96. The zero-order valence-electron chi connectivity index (χ0n) is 15.2. The van der Waals surface area contributed by atoms with Crippen LogP contribution in [-0.4, -0.2) is 39.6 Å². The molecular formula is C17H31N5OS. The fourth-order valence-electron chi connectivity index (χ4n) is 3.14. The van der Waals surface area contributed by atoms with Crippen LogP contribution in [0.1, 0.15) is 58.2 Å². The van der Waals surface area contributed by atoms with E-state index in [-0.39, 0.29) is 6.03 Å². The molecule has 2 amide bonds. The van der Waals surface area contributed by atoms with Crippen LogP contribution in [0.4, 0.5) is 4.79 Å². The van der Waals surface area contributed by atoms with Gasteiger partial charge in [-0.05, 0) is 31.4 Å². The minimum atomic E-state index is -0.0321. The van der Waals surface area contributed by atoms with Crippen molar-refractivity contribution in [2.24, 2.45) is 5.92 Å². The summed E-state index contributed by atoms with van der Waals surface area (Å²) in [6.45, 7) is 6.01. The Bertz CT molecular complexity index is 511. The van der Waals surface area contributed by atoms with Gasteiger partial charge in [-0.15, -0.1) is 10.2 Å². The van der Waals surface area contributed by atoms with Crippen LogP contribution in [0.2, 0.25) is 0 Å². The normalized spacial score (nSPS) is 15.7. The van der Waals surface area contributed by atoms with Crippen molar-refractivity contribution in [3.63, 3.8) is 0 Å². The van der Waals surface area contributed by atoms with E-state index in [4.69, 9.17) is 0 Å². The van der Waals surface area contributed by atoms with Gasteiger partial charge >= 0.3 is 6.03 Å². The van der Waals surface area contributed by atoms with Crippen molar-refractivity contribution < 1.29 is 4.79 Å². The van der Waals surface area contributed by atoms with Gasteiger partial charge in [0.1, 0.15) is 5.82 Å². The third-order valence-corrected chi connectivity index (χ3v) is 4.99. The highest BCUT2D eigenvalue weighted by Gasteiger charge is 2.15. The molecule has 1 aromatic rings. The average Bonchev–Trinajstić information content (AvgIpc) is 2.93. The van der Waals surface area contributed by atoms with Crippen LogP contribution < -0.4 is 10.6 Å². The summed E-state index contributed by atoms with van der Waals surface area (Å²) in [5, 5.41) is 15.6. The fourth-order valence-corrected chi connectivity index (χ4v) is 3.66. The number of hydrogen-bond donors (Lipinski definition) is 2. The van der Waals surface area contributed by atoms with E-state index < -0.39 is 0 Å². The number of rotatable bonds is 8. The lowest BCUT2D eigenvalue weighted by Crippen LogP contribution is -2.43. The number of thioether (sulfide) groups is 1. The second kappa shape index (κ2) is 9.91. The maximum atomic E-state index is 11.9. The molecule has 6 nitrogen and oxygen atoms in total. The summed E-state index contributed by atoms with van der Waals surface area (Å²) in [5.41, 5.74) is 0. The molecule has 0 atom stereocenters. The second-order valence-electron chi connectivity index (χ2n) is 6.95. The number of urea groups is 1. The molecule has 24 heavy (non-hydrogen) atoms. The van der Waals surface area contributed by atoms with Crippen molar-refractivity contribution in [2.45, 2.75) is 76.5 Å². The van der Waals surface area contributed by atoms with E-state index >= 15 is 0 Å². The number of carbonyl (C=O) groups excluding carboxylic acids is 1. The van der Waals surface area contributed by atoms with E-state index in [1.165, 1.54) is 19.3 Å². The smallest absolute Gasteiger partial charge is 0.315 e. The Hall–Kier alpha value is -1.24. The second-order valence-corrected chi connectivity index (χ2v) is 7.72. The van der Waals surface area contributed by atoms with Crippen LogP contribution in [0, 0.1) is 5.92 Å². The first-order valence-corrected chi connectivity index (χ1v) is 10.3. The third-order valence-electron chi connectivity index (χ3n) is 4.33. The lowest BCUT2D eigenvalue weighted by Gasteiger charge is -2.22. The molecule has 1 aliphatic rings. The predicted octanol–water partition coefficient (Wildman–Crippen LogP) is 3.22. The fraction of sp³-hybridized carbons (Fsp3) is 0.824. The Labute approximate surface area is 149 Å². The summed E-state index contributed by atoms with van der Waals surface area (Å²) in [7, 11) is 0. The van der Waals surface area contributed by atoms with Crippen LogP contribution in [0.3, 0.4) is 0 Å². The van der Waals surface area contributed by atoms with Gasteiger partial charge in [-0.2, -0.15) is 0 Å². The maximum absolute atomic E-state index is 11.9. The van der Waals surface area contributed by atoms with Crippen molar-refractivity contribution >= 4 is 17.8 Å². The largest absolute Gasteiger partial charge is 0.338 e. The Morgan fingerprint density at radius 3 is 2.71 bits per heavy atom. The van der Waals surface area contributed by atoms with Crippen LogP contribution in [0.5, 0.6) is 0 Å². The van der Waals surface area contributed by atoms with Crippen molar-refractivity contribution in [1.29, 1.82) is 0 Å². The van der Waals surface area contributed by atoms with Crippen molar-refractivity contribution in [1.82, 2.24) is 25.4 Å². The number of aryl methyl sites for hydroxylation is 1. The summed E-state index contributed by atoms with van der Waals surface area (Å²) in [6.07, 6.45) is 9.73. The molecule has 136 valence electrons. The van der Waals surface area contributed by atoms with E-state index in [1.54, 1.807) is 11.8 Å². The number of amides is 2. The minimum absolute atomic E-state index is 0.0321. The van der Waals surface area contributed by atoms with E-state index in [9.17, 15) is 4.79 Å². The van der Waals surface area contributed by atoms with E-state index in [1.807, 2.05) is 6.26 Å². The molecular weight excluding hydrogens is 322 g/mol. The molecule has 7 heteroatoms. The lowest BCUT2D eigenvalue weighted by molar-refractivity contribution is 0.232. The molecule has 0 saturated heterocycles. The molecule has 0 bridgehead atoms. The first-order chi connectivity index (χ1) is 11.6. The standard InChI is InChI=1S/C17H31N5OS/c1-13(2)12-22-15(20-21-17(22)24-3)10-7-11-18-16(23)19-14-8-5-4-6-9-14/h13-14H,4-12H2,1-3H3,(H2,18,19,23). The van der Waals surface area contributed by atoms with Gasteiger partial charge in [0.05, 0.1) is 0 Å². The van der Waals surface area contributed by atoms with Gasteiger partial charge in [0.15, 0.2) is 5.16 Å². The Kier molecular flexibility index (Phi) is 7.88. The molecule has 2 N–H and O–H groups in total. The third kappa shape index (κ3) is 6.00. The van der Waals surface area contributed by atoms with Gasteiger partial charge in [0.2, 0.25) is 0 Å². The van der Waals surface area contributed by atoms with Crippen LogP contribution in [0.25, 0.3) is 0 Å². The molecule has 0 aliphatic heterocycles. The zero-order valence-corrected chi connectivity index (χ0v) is 16.0. The minimum Gasteiger partial charge on any atom is -0.338 e. The topological polar surface area (TPSA) is 71.8 Å². The maximum Gasteiger partial charge on any atom is 0.315 e. The van der Waals surface area contributed by atoms with E-state index in [0.717, 1.165) is 43.2 Å². The quantitative estimate of drug-likeness (QED) is 0.556. The van der Waals surface area contributed by atoms with Crippen molar-refractivity contribution in [2.75, 3.05) is 12.8 Å². The first-order valence-electron chi connectivity index (χ1n) is 9.10. The molecule has 1 aromatic heterocycles. The Morgan fingerprint density at radius 2 is 2.04 bits per heavy atom. The van der Waals surface area contributed by atoms with Gasteiger partial charge in [-0.25, -0.2) is 4.79 Å². The average molecular weight is 354 g/mol. The predicted molar refractivity (Wildman–Crippen MR) is 98.4 cm³/mol. The highest BCUT2D eigenvalue weighted by atomic mass is 32.2. The molecule has 2 rings (SSSR count). The number of aromatic nitrogens is 3. The summed E-state index contributed by atoms with van der Waals surface area (Å²) in [5.74, 6) is 1.58. The monoisotopic (exact) mass is 353 g/mol. The van der Waals surface area contributed by atoms with Gasteiger partial charge in [-0.3, -0.25) is 0 Å². The van der Waals surface area contributed by atoms with Crippen LogP contribution in [-0.2, 0) is 13.0 Å². The van der Waals surface area contributed by atoms with E-state index in [2.05, 4.69) is 39.2 Å². The number of carbonyl (C=O) groups is 1. The molecule has 0 unspecified atom stereocenters. The number of hydrogen-bond acceptors (Lipinski definition) is 4. The molecule has 0 spiro atoms. The molecule has 1 saturated carbocycles. The summed E-state index contributed by atoms with van der Waals surface area (Å²) in [4.78, 5) is 11.9. The van der Waals surface area contributed by atoms with Gasteiger partial charge in [0.25, 0.3) is 0 Å². The zero-order chi connectivity index (χ0) is 17.4. The van der Waals surface area contributed by atoms with Crippen LogP contribution >= 0.6 is 11.8 Å². The van der Waals surface area contributed by atoms with Gasteiger partial charge in [0, 0.05) is 25.6 Å². The molecule has 1 heterocycles. The first kappa shape index (κ1) is 19.1. The van der Waals surface area contributed by atoms with Gasteiger partial charge < -0.3 is 15.2 Å². The highest BCUT2D eigenvalue weighted by molar-refractivity contribution is 7.98.